The minimum atomic E-state index is -3.97. The van der Waals surface area contributed by atoms with Gasteiger partial charge in [0.2, 0.25) is 10.0 Å². The zero-order valence-electron chi connectivity index (χ0n) is 12.2. The molecule has 0 saturated heterocycles. The Hall–Kier alpha value is -2.58. The molecule has 0 aliphatic heterocycles. The van der Waals surface area contributed by atoms with E-state index >= 15 is 0 Å². The monoisotopic (exact) mass is 350 g/mol. The summed E-state index contributed by atoms with van der Waals surface area (Å²) in [6.07, 6.45) is 4.61. The van der Waals surface area contributed by atoms with E-state index in [0.29, 0.717) is 23.0 Å². The number of aromatic nitrogens is 1. The maximum absolute atomic E-state index is 13.2. The van der Waals surface area contributed by atoms with E-state index in [1.165, 1.54) is 12.5 Å². The average molecular weight is 350 g/mol. The van der Waals surface area contributed by atoms with Crippen molar-refractivity contribution in [3.8, 4) is 11.3 Å². The second-order valence-electron chi connectivity index (χ2n) is 4.96. The topological polar surface area (TPSA) is 72.2 Å². The molecule has 3 rings (SSSR count). The number of sulfonamides is 1. The summed E-state index contributed by atoms with van der Waals surface area (Å²) in [5.74, 6) is -1.73. The van der Waals surface area contributed by atoms with Crippen LogP contribution in [0, 0.1) is 11.6 Å². The van der Waals surface area contributed by atoms with Crippen molar-refractivity contribution in [2.75, 3.05) is 0 Å². The quantitative estimate of drug-likeness (QED) is 0.767. The molecule has 0 aliphatic rings. The lowest BCUT2D eigenvalue weighted by Gasteiger charge is -2.08. The van der Waals surface area contributed by atoms with E-state index in [4.69, 9.17) is 4.42 Å². The molecular formula is C16H12F2N2O3S. The van der Waals surface area contributed by atoms with Crippen LogP contribution in [0.25, 0.3) is 11.3 Å². The Kier molecular flexibility index (Phi) is 4.41. The predicted octanol–water partition coefficient (Wildman–Crippen LogP) is 3.10. The highest BCUT2D eigenvalue weighted by Crippen LogP contribution is 2.20. The Labute approximate surface area is 137 Å². The first-order valence-electron chi connectivity index (χ1n) is 6.88. The summed E-state index contributed by atoms with van der Waals surface area (Å²) in [6.45, 7) is -0.0527. The van der Waals surface area contributed by atoms with E-state index in [2.05, 4.69) is 9.71 Å². The Bertz CT molecular complexity index is 957. The van der Waals surface area contributed by atoms with Crippen LogP contribution in [0.1, 0.15) is 5.56 Å². The van der Waals surface area contributed by atoms with Gasteiger partial charge in [0.05, 0.1) is 11.2 Å². The Morgan fingerprint density at radius 1 is 1.08 bits per heavy atom. The van der Waals surface area contributed by atoms with Crippen LogP contribution >= 0.6 is 0 Å². The molecule has 8 heteroatoms. The molecule has 0 atom stereocenters. The average Bonchev–Trinajstić information content (AvgIpc) is 3.10. The molecule has 24 heavy (non-hydrogen) atoms. The summed E-state index contributed by atoms with van der Waals surface area (Å²) in [7, 11) is -3.97. The van der Waals surface area contributed by atoms with Gasteiger partial charge in [0, 0.05) is 24.5 Å². The minimum Gasteiger partial charge on any atom is -0.464 e. The van der Waals surface area contributed by atoms with Crippen LogP contribution in [0.4, 0.5) is 8.78 Å². The first-order valence-corrected chi connectivity index (χ1v) is 8.36. The Balaban J connectivity index is 1.77. The van der Waals surface area contributed by atoms with Crippen LogP contribution < -0.4 is 4.72 Å². The number of benzene rings is 1. The molecule has 0 saturated carbocycles. The van der Waals surface area contributed by atoms with Gasteiger partial charge >= 0.3 is 0 Å². The van der Waals surface area contributed by atoms with Crippen LogP contribution in [0.5, 0.6) is 0 Å². The fourth-order valence-electron chi connectivity index (χ4n) is 2.07. The smallest absolute Gasteiger partial charge is 0.240 e. The molecule has 0 spiro atoms. The number of halogens is 2. The Morgan fingerprint density at radius 2 is 1.92 bits per heavy atom. The summed E-state index contributed by atoms with van der Waals surface area (Å²) in [6, 6.07) is 7.61. The van der Waals surface area contributed by atoms with Gasteiger partial charge in [0.1, 0.15) is 5.76 Å². The summed E-state index contributed by atoms with van der Waals surface area (Å²) < 4.78 is 58.0. The van der Waals surface area contributed by atoms with E-state index in [-0.39, 0.29) is 11.4 Å². The third-order valence-corrected chi connectivity index (χ3v) is 4.67. The van der Waals surface area contributed by atoms with Gasteiger partial charge in [0.25, 0.3) is 0 Å². The molecule has 5 nitrogen and oxygen atoms in total. The number of pyridine rings is 1. The van der Waals surface area contributed by atoms with E-state index in [0.717, 1.165) is 12.1 Å². The maximum atomic E-state index is 13.2. The highest BCUT2D eigenvalue weighted by atomic mass is 32.2. The van der Waals surface area contributed by atoms with Crippen molar-refractivity contribution in [3.63, 3.8) is 0 Å². The number of hydrogen-bond donors (Lipinski definition) is 1. The lowest BCUT2D eigenvalue weighted by Crippen LogP contribution is -2.23. The first kappa shape index (κ1) is 16.3. The molecule has 0 bridgehead atoms. The lowest BCUT2D eigenvalue weighted by molar-refractivity contribution is 0.504. The van der Waals surface area contributed by atoms with Gasteiger partial charge in [-0.05, 0) is 42.0 Å². The van der Waals surface area contributed by atoms with Crippen LogP contribution in [0.2, 0.25) is 0 Å². The molecule has 2 aromatic heterocycles. The molecule has 0 fully saturated rings. The summed E-state index contributed by atoms with van der Waals surface area (Å²) in [5, 5.41) is 0. The number of hydrogen-bond acceptors (Lipinski definition) is 4. The molecule has 0 aliphatic carbocycles. The van der Waals surface area contributed by atoms with Crippen LogP contribution in [0.15, 0.2) is 64.4 Å². The van der Waals surface area contributed by atoms with Gasteiger partial charge in [-0.25, -0.2) is 21.9 Å². The van der Waals surface area contributed by atoms with Crippen LogP contribution in [-0.4, -0.2) is 13.4 Å². The summed E-state index contributed by atoms with van der Waals surface area (Å²) in [5.41, 5.74) is 1.29. The van der Waals surface area contributed by atoms with E-state index in [1.807, 2.05) is 0 Å². The highest BCUT2D eigenvalue weighted by molar-refractivity contribution is 7.89. The minimum absolute atomic E-state index is 0.0527. The molecule has 0 unspecified atom stereocenters. The lowest BCUT2D eigenvalue weighted by atomic mass is 10.2. The van der Waals surface area contributed by atoms with Gasteiger partial charge in [-0.3, -0.25) is 4.98 Å². The van der Waals surface area contributed by atoms with Crippen LogP contribution in [0.3, 0.4) is 0 Å². The van der Waals surface area contributed by atoms with Crippen molar-refractivity contribution < 1.29 is 21.6 Å². The predicted molar refractivity (Wildman–Crippen MR) is 82.3 cm³/mol. The third-order valence-electron chi connectivity index (χ3n) is 3.27. The molecule has 3 aromatic rings. The largest absolute Gasteiger partial charge is 0.464 e. The fraction of sp³-hybridized carbons (Fsp3) is 0.0625. The first-order chi connectivity index (χ1) is 11.5. The number of furan rings is 1. The second kappa shape index (κ2) is 6.50. The van der Waals surface area contributed by atoms with Gasteiger partial charge < -0.3 is 4.42 Å². The van der Waals surface area contributed by atoms with Crippen molar-refractivity contribution in [1.29, 1.82) is 0 Å². The molecule has 124 valence electrons. The number of nitrogens with one attached hydrogen (secondary N) is 1. The molecule has 1 aromatic carbocycles. The standard InChI is InChI=1S/C16H12F2N2O3S/c17-14-4-3-13(7-15(14)18)24(21,22)20-9-11-6-12(10-19-8-11)16-2-1-5-23-16/h1-8,10,20H,9H2. The van der Waals surface area contributed by atoms with E-state index in [9.17, 15) is 17.2 Å². The van der Waals surface area contributed by atoms with E-state index < -0.39 is 21.7 Å². The number of rotatable bonds is 5. The Morgan fingerprint density at radius 3 is 2.62 bits per heavy atom. The maximum Gasteiger partial charge on any atom is 0.240 e. The van der Waals surface area contributed by atoms with Crippen molar-refractivity contribution in [3.05, 3.63) is 72.3 Å². The van der Waals surface area contributed by atoms with E-state index in [1.54, 1.807) is 24.4 Å². The second-order valence-corrected chi connectivity index (χ2v) is 6.73. The van der Waals surface area contributed by atoms with Crippen molar-refractivity contribution in [2.45, 2.75) is 11.4 Å². The van der Waals surface area contributed by atoms with Crippen molar-refractivity contribution in [2.24, 2.45) is 0 Å². The van der Waals surface area contributed by atoms with Gasteiger partial charge in [-0.15, -0.1) is 0 Å². The highest BCUT2D eigenvalue weighted by Gasteiger charge is 2.16. The molecular weight excluding hydrogens is 338 g/mol. The van der Waals surface area contributed by atoms with Crippen molar-refractivity contribution in [1.82, 2.24) is 9.71 Å². The number of nitrogens with zero attached hydrogens (tertiary/aromatic N) is 1. The third kappa shape index (κ3) is 3.50. The van der Waals surface area contributed by atoms with Gasteiger partial charge in [-0.1, -0.05) is 0 Å². The molecule has 2 heterocycles. The van der Waals surface area contributed by atoms with Gasteiger partial charge in [-0.2, -0.15) is 0 Å². The fourth-order valence-corrected chi connectivity index (χ4v) is 3.10. The molecule has 0 amide bonds. The SMILES string of the molecule is O=S(=O)(NCc1cncc(-c2ccco2)c1)c1ccc(F)c(F)c1. The van der Waals surface area contributed by atoms with Gasteiger partial charge in [0.15, 0.2) is 11.6 Å². The molecule has 0 radical (unpaired) electrons. The van der Waals surface area contributed by atoms with Crippen LogP contribution in [-0.2, 0) is 16.6 Å². The summed E-state index contributed by atoms with van der Waals surface area (Å²) >= 11 is 0. The zero-order chi connectivity index (χ0) is 17.2. The molecule has 1 N–H and O–H groups in total. The summed E-state index contributed by atoms with van der Waals surface area (Å²) in [4.78, 5) is 3.68. The van der Waals surface area contributed by atoms with Crippen molar-refractivity contribution >= 4 is 10.0 Å². The zero-order valence-corrected chi connectivity index (χ0v) is 13.1. The normalized spacial score (nSPS) is 11.6.